The Balaban J connectivity index is 1.75. The quantitative estimate of drug-likeness (QED) is 0.565. The maximum atomic E-state index is 11.9. The van der Waals surface area contributed by atoms with Crippen LogP contribution in [-0.2, 0) is 9.59 Å². The number of unbranched alkanes of at least 4 members (excludes halogenated alkanes) is 2. The van der Waals surface area contributed by atoms with Crippen LogP contribution >= 0.6 is 0 Å². The summed E-state index contributed by atoms with van der Waals surface area (Å²) < 4.78 is 5.46. The van der Waals surface area contributed by atoms with Gasteiger partial charge in [0.15, 0.2) is 6.10 Å². The van der Waals surface area contributed by atoms with Crippen LogP contribution in [0.1, 0.15) is 32.6 Å². The summed E-state index contributed by atoms with van der Waals surface area (Å²) >= 11 is 0. The molecule has 4 amide bonds. The minimum absolute atomic E-state index is 0.103. The van der Waals surface area contributed by atoms with Gasteiger partial charge in [-0.15, -0.1) is 0 Å². The Labute approximate surface area is 140 Å². The van der Waals surface area contributed by atoms with Gasteiger partial charge in [-0.25, -0.2) is 4.79 Å². The van der Waals surface area contributed by atoms with Crippen LogP contribution in [0.15, 0.2) is 18.2 Å². The van der Waals surface area contributed by atoms with Crippen molar-refractivity contribution in [1.82, 2.24) is 5.32 Å². The number of nitrogens with two attached hydrogens (primary N) is 1. The van der Waals surface area contributed by atoms with E-state index in [0.717, 1.165) is 12.8 Å². The van der Waals surface area contributed by atoms with Gasteiger partial charge in [-0.3, -0.25) is 9.59 Å². The first-order chi connectivity index (χ1) is 11.5. The van der Waals surface area contributed by atoms with Crippen molar-refractivity contribution in [2.45, 2.75) is 38.7 Å². The summed E-state index contributed by atoms with van der Waals surface area (Å²) in [6.45, 7) is 2.19. The van der Waals surface area contributed by atoms with Crippen LogP contribution in [0.2, 0.25) is 0 Å². The minimum atomic E-state index is -0.536. The number of ether oxygens (including phenoxy) is 1. The zero-order valence-electron chi connectivity index (χ0n) is 13.6. The van der Waals surface area contributed by atoms with Crippen LogP contribution in [0, 0.1) is 0 Å². The van der Waals surface area contributed by atoms with Crippen molar-refractivity contribution in [1.29, 1.82) is 0 Å². The number of amides is 4. The van der Waals surface area contributed by atoms with Gasteiger partial charge in [0.2, 0.25) is 5.91 Å². The summed E-state index contributed by atoms with van der Waals surface area (Å²) in [5.41, 5.74) is 6.11. The Hall–Kier alpha value is -2.77. The van der Waals surface area contributed by atoms with Crippen molar-refractivity contribution in [3.63, 3.8) is 0 Å². The van der Waals surface area contributed by atoms with E-state index < -0.39 is 12.1 Å². The summed E-state index contributed by atoms with van der Waals surface area (Å²) in [5.74, 6) is 0.270. The number of hydrogen-bond donors (Lipinski definition) is 4. The van der Waals surface area contributed by atoms with E-state index in [2.05, 4.69) is 16.0 Å². The van der Waals surface area contributed by atoms with Gasteiger partial charge < -0.3 is 26.4 Å². The first-order valence-corrected chi connectivity index (χ1v) is 7.90. The molecule has 1 heterocycles. The third-order valence-corrected chi connectivity index (χ3v) is 3.57. The molecule has 1 aromatic carbocycles. The Bertz CT molecular complexity index is 633. The van der Waals surface area contributed by atoms with E-state index in [9.17, 15) is 14.4 Å². The Kier molecular flexibility index (Phi) is 6.00. The molecule has 0 saturated heterocycles. The fraction of sp³-hybridized carbons (Fsp3) is 0.438. The zero-order valence-corrected chi connectivity index (χ0v) is 13.6. The normalized spacial score (nSPS) is 15.7. The molecule has 1 aliphatic heterocycles. The molecule has 1 aromatic rings. The van der Waals surface area contributed by atoms with Crippen molar-refractivity contribution < 1.29 is 19.1 Å². The SMILES string of the molecule is CC1Oc2ccc(NC(=O)CCCCCNC(N)=O)cc2NC1=O. The monoisotopic (exact) mass is 334 g/mol. The topological polar surface area (TPSA) is 123 Å². The lowest BCUT2D eigenvalue weighted by atomic mass is 10.1. The Morgan fingerprint density at radius 1 is 1.29 bits per heavy atom. The van der Waals surface area contributed by atoms with Crippen LogP contribution in [0.4, 0.5) is 16.2 Å². The molecule has 130 valence electrons. The third kappa shape index (κ3) is 5.15. The molecule has 24 heavy (non-hydrogen) atoms. The molecule has 0 aliphatic carbocycles. The van der Waals surface area contributed by atoms with Crippen LogP contribution < -0.4 is 26.4 Å². The second-order valence-electron chi connectivity index (χ2n) is 5.61. The number of primary amides is 1. The number of anilines is 2. The molecule has 0 aromatic heterocycles. The van der Waals surface area contributed by atoms with Crippen LogP contribution in [0.3, 0.4) is 0 Å². The fourth-order valence-electron chi connectivity index (χ4n) is 2.31. The number of carbonyl (C=O) groups is 3. The first-order valence-electron chi connectivity index (χ1n) is 7.90. The molecule has 0 spiro atoms. The van der Waals surface area contributed by atoms with Gasteiger partial charge in [0.05, 0.1) is 5.69 Å². The molecule has 0 saturated carbocycles. The van der Waals surface area contributed by atoms with Gasteiger partial charge in [-0.2, -0.15) is 0 Å². The molecule has 0 radical (unpaired) electrons. The van der Waals surface area contributed by atoms with Crippen LogP contribution in [0.25, 0.3) is 0 Å². The molecule has 0 fully saturated rings. The number of fused-ring (bicyclic) bond motifs is 1. The summed E-state index contributed by atoms with van der Waals surface area (Å²) in [7, 11) is 0. The number of urea groups is 1. The second kappa shape index (κ2) is 8.19. The highest BCUT2D eigenvalue weighted by Crippen LogP contribution is 2.32. The molecular formula is C16H22N4O4. The van der Waals surface area contributed by atoms with Crippen molar-refractivity contribution in [3.05, 3.63) is 18.2 Å². The van der Waals surface area contributed by atoms with E-state index >= 15 is 0 Å². The highest BCUT2D eigenvalue weighted by molar-refractivity contribution is 5.99. The number of rotatable bonds is 7. The molecule has 1 aliphatic rings. The predicted octanol–water partition coefficient (Wildman–Crippen LogP) is 1.57. The van der Waals surface area contributed by atoms with Crippen molar-refractivity contribution in [2.24, 2.45) is 5.73 Å². The average Bonchev–Trinajstić information content (AvgIpc) is 2.52. The van der Waals surface area contributed by atoms with Crippen molar-refractivity contribution in [2.75, 3.05) is 17.2 Å². The maximum absolute atomic E-state index is 11.9. The lowest BCUT2D eigenvalue weighted by Gasteiger charge is -2.23. The molecule has 0 bridgehead atoms. The molecule has 1 atom stereocenters. The number of benzene rings is 1. The highest BCUT2D eigenvalue weighted by atomic mass is 16.5. The maximum Gasteiger partial charge on any atom is 0.312 e. The summed E-state index contributed by atoms with van der Waals surface area (Å²) in [5, 5.41) is 8.03. The first kappa shape index (κ1) is 17.6. The second-order valence-corrected chi connectivity index (χ2v) is 5.61. The van der Waals surface area contributed by atoms with Gasteiger partial charge in [0.25, 0.3) is 5.91 Å². The molecule has 5 N–H and O–H groups in total. The highest BCUT2D eigenvalue weighted by Gasteiger charge is 2.23. The summed E-state index contributed by atoms with van der Waals surface area (Å²) in [4.78, 5) is 34.0. The molecule has 2 rings (SSSR count). The number of nitrogens with one attached hydrogen (secondary N) is 3. The van der Waals surface area contributed by atoms with Crippen molar-refractivity contribution >= 4 is 29.2 Å². The average molecular weight is 334 g/mol. The van der Waals surface area contributed by atoms with Gasteiger partial charge in [-0.05, 0) is 38.0 Å². The third-order valence-electron chi connectivity index (χ3n) is 3.57. The van der Waals surface area contributed by atoms with Crippen molar-refractivity contribution in [3.8, 4) is 5.75 Å². The number of hydrogen-bond acceptors (Lipinski definition) is 4. The van der Waals surface area contributed by atoms with E-state index in [1.54, 1.807) is 25.1 Å². The number of carbonyl (C=O) groups excluding carboxylic acids is 3. The fourth-order valence-corrected chi connectivity index (χ4v) is 2.31. The molecule has 8 nitrogen and oxygen atoms in total. The van der Waals surface area contributed by atoms with E-state index in [1.165, 1.54) is 0 Å². The standard InChI is InChI=1S/C16H22N4O4/c1-10-15(22)20-12-9-11(6-7-13(12)24-10)19-14(21)5-3-2-4-8-18-16(17)23/h6-7,9-10H,2-5,8H2,1H3,(H,19,21)(H,20,22)(H3,17,18,23). The molecular weight excluding hydrogens is 312 g/mol. The van der Waals surface area contributed by atoms with E-state index in [4.69, 9.17) is 10.5 Å². The van der Waals surface area contributed by atoms with E-state index in [-0.39, 0.29) is 11.8 Å². The largest absolute Gasteiger partial charge is 0.479 e. The lowest BCUT2D eigenvalue weighted by Crippen LogP contribution is -2.34. The Morgan fingerprint density at radius 2 is 2.08 bits per heavy atom. The zero-order chi connectivity index (χ0) is 17.5. The minimum Gasteiger partial charge on any atom is -0.479 e. The smallest absolute Gasteiger partial charge is 0.312 e. The van der Waals surface area contributed by atoms with Crippen LogP contribution in [0.5, 0.6) is 5.75 Å². The summed E-state index contributed by atoms with van der Waals surface area (Å²) in [6.07, 6.45) is 2.17. The summed E-state index contributed by atoms with van der Waals surface area (Å²) in [6, 6.07) is 4.59. The van der Waals surface area contributed by atoms with E-state index in [0.29, 0.717) is 36.5 Å². The Morgan fingerprint density at radius 3 is 2.83 bits per heavy atom. The van der Waals surface area contributed by atoms with E-state index in [1.807, 2.05) is 0 Å². The molecule has 1 unspecified atom stereocenters. The van der Waals surface area contributed by atoms with Crippen LogP contribution in [-0.4, -0.2) is 30.5 Å². The predicted molar refractivity (Wildman–Crippen MR) is 89.8 cm³/mol. The van der Waals surface area contributed by atoms with Gasteiger partial charge in [0, 0.05) is 18.7 Å². The van der Waals surface area contributed by atoms with Gasteiger partial charge >= 0.3 is 6.03 Å². The van der Waals surface area contributed by atoms with Gasteiger partial charge in [-0.1, -0.05) is 6.42 Å². The van der Waals surface area contributed by atoms with Gasteiger partial charge in [0.1, 0.15) is 5.75 Å². The lowest BCUT2D eigenvalue weighted by molar-refractivity contribution is -0.122. The molecule has 8 heteroatoms.